The van der Waals surface area contributed by atoms with E-state index in [-0.39, 0.29) is 0 Å². The number of likely N-dealkylation sites (tertiary alicyclic amines) is 1. The normalized spacial score (nSPS) is 17.8. The highest BCUT2D eigenvalue weighted by Gasteiger charge is 2.22. The molecule has 3 heteroatoms. The van der Waals surface area contributed by atoms with Gasteiger partial charge >= 0.3 is 5.97 Å². The molecule has 1 aromatic carbocycles. The molecule has 0 aromatic heterocycles. The van der Waals surface area contributed by atoms with E-state index < -0.39 is 5.97 Å². The molecule has 0 aliphatic carbocycles. The predicted octanol–water partition coefficient (Wildman–Crippen LogP) is 3.05. The van der Waals surface area contributed by atoms with Gasteiger partial charge in [-0.2, -0.15) is 0 Å². The Labute approximate surface area is 115 Å². The van der Waals surface area contributed by atoms with Crippen LogP contribution < -0.4 is 0 Å². The molecule has 1 aliphatic rings. The molecule has 1 saturated heterocycles. The molecule has 2 rings (SSSR count). The third kappa shape index (κ3) is 3.57. The number of carbonyl (C=O) groups is 1. The fourth-order valence-corrected chi connectivity index (χ4v) is 2.89. The number of piperidine rings is 1. The number of hydrogen-bond donors (Lipinski definition) is 1. The Morgan fingerprint density at radius 1 is 1.32 bits per heavy atom. The van der Waals surface area contributed by atoms with Crippen LogP contribution in [0.2, 0.25) is 0 Å². The van der Waals surface area contributed by atoms with Crippen LogP contribution in [0.4, 0.5) is 0 Å². The van der Waals surface area contributed by atoms with Crippen molar-refractivity contribution in [2.45, 2.75) is 39.2 Å². The average molecular weight is 261 g/mol. The molecular formula is C16H23NO2. The summed E-state index contributed by atoms with van der Waals surface area (Å²) in [6, 6.07) is 8.02. The number of aromatic carboxylic acids is 1. The summed E-state index contributed by atoms with van der Waals surface area (Å²) in [4.78, 5) is 13.7. The molecule has 0 atom stereocenters. The Morgan fingerprint density at radius 2 is 1.95 bits per heavy atom. The van der Waals surface area contributed by atoms with Gasteiger partial charge in [-0.25, -0.2) is 4.79 Å². The Hall–Kier alpha value is -1.35. The van der Waals surface area contributed by atoms with Gasteiger partial charge in [0.1, 0.15) is 0 Å². The van der Waals surface area contributed by atoms with Crippen molar-refractivity contribution in [2.75, 3.05) is 13.1 Å². The summed E-state index contributed by atoms with van der Waals surface area (Å²) in [6.45, 7) is 6.75. The maximum absolute atomic E-state index is 11.2. The molecule has 0 saturated carbocycles. The molecule has 19 heavy (non-hydrogen) atoms. The van der Waals surface area contributed by atoms with Crippen molar-refractivity contribution in [3.05, 3.63) is 35.4 Å². The van der Waals surface area contributed by atoms with Crippen LogP contribution in [-0.4, -0.2) is 35.1 Å². The molecule has 1 fully saturated rings. The Balaban J connectivity index is 1.98. The molecule has 1 heterocycles. The van der Waals surface area contributed by atoms with Gasteiger partial charge in [-0.15, -0.1) is 0 Å². The van der Waals surface area contributed by atoms with E-state index in [4.69, 9.17) is 0 Å². The second-order valence-electron chi connectivity index (χ2n) is 5.74. The zero-order chi connectivity index (χ0) is 13.8. The van der Waals surface area contributed by atoms with E-state index in [0.29, 0.717) is 17.5 Å². The second kappa shape index (κ2) is 6.20. The molecule has 0 bridgehead atoms. The SMILES string of the molecule is CC(C)N1CCC(Cc2ccccc2C(=O)O)CC1. The van der Waals surface area contributed by atoms with Crippen molar-refractivity contribution < 1.29 is 9.90 Å². The van der Waals surface area contributed by atoms with Crippen LogP contribution in [0.3, 0.4) is 0 Å². The Bertz CT molecular complexity index is 434. The van der Waals surface area contributed by atoms with E-state index >= 15 is 0 Å². The first kappa shape index (κ1) is 14.1. The standard InChI is InChI=1S/C16H23NO2/c1-12(2)17-9-7-13(8-10-17)11-14-5-3-4-6-15(14)16(18)19/h3-6,12-13H,7-11H2,1-2H3,(H,18,19). The van der Waals surface area contributed by atoms with Crippen molar-refractivity contribution in [1.29, 1.82) is 0 Å². The smallest absolute Gasteiger partial charge is 0.335 e. The van der Waals surface area contributed by atoms with Crippen LogP contribution in [0.15, 0.2) is 24.3 Å². The molecule has 0 radical (unpaired) electrons. The van der Waals surface area contributed by atoms with Crippen molar-refractivity contribution in [1.82, 2.24) is 4.90 Å². The van der Waals surface area contributed by atoms with Gasteiger partial charge in [0, 0.05) is 6.04 Å². The average Bonchev–Trinajstić information content (AvgIpc) is 2.39. The van der Waals surface area contributed by atoms with Crippen LogP contribution in [0.1, 0.15) is 42.6 Å². The minimum Gasteiger partial charge on any atom is -0.478 e. The summed E-state index contributed by atoms with van der Waals surface area (Å²) >= 11 is 0. The van der Waals surface area contributed by atoms with Crippen LogP contribution in [0.5, 0.6) is 0 Å². The number of rotatable bonds is 4. The molecule has 0 amide bonds. The van der Waals surface area contributed by atoms with Gasteiger partial charge in [0.2, 0.25) is 0 Å². The fourth-order valence-electron chi connectivity index (χ4n) is 2.89. The third-order valence-electron chi connectivity index (χ3n) is 4.14. The topological polar surface area (TPSA) is 40.5 Å². The van der Waals surface area contributed by atoms with Crippen molar-refractivity contribution in [2.24, 2.45) is 5.92 Å². The van der Waals surface area contributed by atoms with E-state index in [2.05, 4.69) is 18.7 Å². The summed E-state index contributed by atoms with van der Waals surface area (Å²) in [6.07, 6.45) is 3.24. The van der Waals surface area contributed by atoms with E-state index in [1.165, 1.54) is 12.8 Å². The largest absolute Gasteiger partial charge is 0.478 e. The number of carboxylic acids is 1. The van der Waals surface area contributed by atoms with Gasteiger partial charge in [-0.1, -0.05) is 18.2 Å². The van der Waals surface area contributed by atoms with Gasteiger partial charge in [-0.3, -0.25) is 0 Å². The molecule has 1 aliphatic heterocycles. The Morgan fingerprint density at radius 3 is 2.53 bits per heavy atom. The molecule has 0 unspecified atom stereocenters. The quantitative estimate of drug-likeness (QED) is 0.905. The second-order valence-corrected chi connectivity index (χ2v) is 5.74. The summed E-state index contributed by atoms with van der Waals surface area (Å²) in [5, 5.41) is 9.20. The first-order valence-electron chi connectivity index (χ1n) is 7.13. The van der Waals surface area contributed by atoms with Gasteiger partial charge in [-0.05, 0) is 63.7 Å². The molecule has 0 spiro atoms. The van der Waals surface area contributed by atoms with Crippen molar-refractivity contribution >= 4 is 5.97 Å². The highest BCUT2D eigenvalue weighted by Crippen LogP contribution is 2.24. The lowest BCUT2D eigenvalue weighted by molar-refractivity contribution is 0.0695. The van der Waals surface area contributed by atoms with Crippen molar-refractivity contribution in [3.63, 3.8) is 0 Å². The predicted molar refractivity (Wildman–Crippen MR) is 76.5 cm³/mol. The van der Waals surface area contributed by atoms with E-state index in [1.54, 1.807) is 12.1 Å². The third-order valence-corrected chi connectivity index (χ3v) is 4.14. The lowest BCUT2D eigenvalue weighted by Crippen LogP contribution is -2.38. The fraction of sp³-hybridized carbons (Fsp3) is 0.562. The van der Waals surface area contributed by atoms with Crippen LogP contribution >= 0.6 is 0 Å². The summed E-state index contributed by atoms with van der Waals surface area (Å²) in [7, 11) is 0. The maximum Gasteiger partial charge on any atom is 0.335 e. The zero-order valence-electron chi connectivity index (χ0n) is 11.8. The van der Waals surface area contributed by atoms with Gasteiger partial charge in [0.25, 0.3) is 0 Å². The minimum absolute atomic E-state index is 0.466. The van der Waals surface area contributed by atoms with Crippen LogP contribution in [0, 0.1) is 5.92 Å². The summed E-state index contributed by atoms with van der Waals surface area (Å²) in [5.41, 5.74) is 1.45. The highest BCUT2D eigenvalue weighted by atomic mass is 16.4. The molecule has 3 nitrogen and oxygen atoms in total. The molecule has 1 aromatic rings. The number of nitrogens with zero attached hydrogens (tertiary/aromatic N) is 1. The number of benzene rings is 1. The lowest BCUT2D eigenvalue weighted by atomic mass is 9.88. The first-order valence-corrected chi connectivity index (χ1v) is 7.13. The van der Waals surface area contributed by atoms with E-state index in [0.717, 1.165) is 25.1 Å². The van der Waals surface area contributed by atoms with E-state index in [1.807, 2.05) is 12.1 Å². The maximum atomic E-state index is 11.2. The minimum atomic E-state index is -0.810. The van der Waals surface area contributed by atoms with E-state index in [9.17, 15) is 9.90 Å². The van der Waals surface area contributed by atoms with Gasteiger partial charge < -0.3 is 10.0 Å². The number of carboxylic acid groups (broad SMARTS) is 1. The molecular weight excluding hydrogens is 238 g/mol. The number of hydrogen-bond acceptors (Lipinski definition) is 2. The summed E-state index contributed by atoms with van der Waals surface area (Å²) < 4.78 is 0. The Kier molecular flexibility index (Phi) is 4.59. The van der Waals surface area contributed by atoms with Crippen LogP contribution in [0.25, 0.3) is 0 Å². The summed E-state index contributed by atoms with van der Waals surface area (Å²) in [5.74, 6) is -0.189. The molecule has 1 N–H and O–H groups in total. The van der Waals surface area contributed by atoms with Gasteiger partial charge in [0.15, 0.2) is 0 Å². The monoisotopic (exact) mass is 261 g/mol. The molecule has 104 valence electrons. The van der Waals surface area contributed by atoms with Crippen LogP contribution in [-0.2, 0) is 6.42 Å². The van der Waals surface area contributed by atoms with Crippen molar-refractivity contribution in [3.8, 4) is 0 Å². The lowest BCUT2D eigenvalue weighted by Gasteiger charge is -2.34. The highest BCUT2D eigenvalue weighted by molar-refractivity contribution is 5.89. The zero-order valence-corrected chi connectivity index (χ0v) is 11.8. The van der Waals surface area contributed by atoms with Gasteiger partial charge in [0.05, 0.1) is 5.56 Å². The first-order chi connectivity index (χ1) is 9.08.